The summed E-state index contributed by atoms with van der Waals surface area (Å²) in [6.45, 7) is 0.599. The normalized spacial score (nSPS) is 19.2. The Balaban J connectivity index is 1.93. The number of rotatable bonds is 4. The Morgan fingerprint density at radius 1 is 1.33 bits per heavy atom. The van der Waals surface area contributed by atoms with Crippen LogP contribution in [0, 0.1) is 0 Å². The number of carbonyl (C=O) groups excluding carboxylic acids is 1. The fourth-order valence-electron chi connectivity index (χ4n) is 1.46. The van der Waals surface area contributed by atoms with Gasteiger partial charge in [-0.05, 0) is 24.3 Å². The maximum atomic E-state index is 11.0. The zero-order valence-corrected chi connectivity index (χ0v) is 10.1. The van der Waals surface area contributed by atoms with E-state index in [0.717, 1.165) is 0 Å². The summed E-state index contributed by atoms with van der Waals surface area (Å²) in [4.78, 5) is 10.7. The van der Waals surface area contributed by atoms with Crippen LogP contribution in [0.2, 0.25) is 0 Å². The van der Waals surface area contributed by atoms with Crippen LogP contribution >= 0.6 is 0 Å². The number of benzene rings is 1. The molecule has 0 amide bonds. The second-order valence-corrected chi connectivity index (χ2v) is 5.31. The SMILES string of the molecule is NS(=O)(=O)c1ccc(NCC2COC(=O)O2)cc1. The van der Waals surface area contributed by atoms with Crippen molar-refractivity contribution < 1.29 is 22.7 Å². The first-order valence-electron chi connectivity index (χ1n) is 5.15. The van der Waals surface area contributed by atoms with Crippen molar-refractivity contribution in [1.29, 1.82) is 0 Å². The third-order valence-electron chi connectivity index (χ3n) is 2.37. The molecular weight excluding hydrogens is 260 g/mol. The minimum absolute atomic E-state index is 0.0451. The highest BCUT2D eigenvalue weighted by atomic mass is 32.2. The van der Waals surface area contributed by atoms with E-state index < -0.39 is 16.2 Å². The Morgan fingerprint density at radius 2 is 2.00 bits per heavy atom. The van der Waals surface area contributed by atoms with E-state index in [1.165, 1.54) is 12.1 Å². The number of ether oxygens (including phenoxy) is 2. The molecule has 1 atom stereocenters. The van der Waals surface area contributed by atoms with Gasteiger partial charge in [0, 0.05) is 5.69 Å². The van der Waals surface area contributed by atoms with Gasteiger partial charge in [-0.25, -0.2) is 18.4 Å². The lowest BCUT2D eigenvalue weighted by Gasteiger charge is -2.09. The molecule has 98 valence electrons. The zero-order chi connectivity index (χ0) is 13.2. The number of hydrogen-bond donors (Lipinski definition) is 2. The van der Waals surface area contributed by atoms with Crippen molar-refractivity contribution in [2.24, 2.45) is 5.14 Å². The Hall–Kier alpha value is -1.80. The van der Waals surface area contributed by atoms with Gasteiger partial charge in [0.2, 0.25) is 10.0 Å². The van der Waals surface area contributed by atoms with E-state index >= 15 is 0 Å². The molecule has 0 aliphatic carbocycles. The second kappa shape index (κ2) is 4.83. The molecule has 3 N–H and O–H groups in total. The summed E-state index contributed by atoms with van der Waals surface area (Å²) in [5.74, 6) is 0. The Kier molecular flexibility index (Phi) is 3.39. The predicted octanol–water partition coefficient (Wildman–Crippen LogP) is 0.281. The van der Waals surface area contributed by atoms with Crippen molar-refractivity contribution in [1.82, 2.24) is 0 Å². The van der Waals surface area contributed by atoms with Crippen LogP contribution in [0.1, 0.15) is 0 Å². The van der Waals surface area contributed by atoms with E-state index in [2.05, 4.69) is 10.1 Å². The lowest BCUT2D eigenvalue weighted by atomic mass is 10.3. The van der Waals surface area contributed by atoms with Gasteiger partial charge in [-0.15, -0.1) is 0 Å². The van der Waals surface area contributed by atoms with Gasteiger partial charge in [-0.3, -0.25) is 0 Å². The van der Waals surface area contributed by atoms with Gasteiger partial charge in [0.25, 0.3) is 0 Å². The van der Waals surface area contributed by atoms with Crippen molar-refractivity contribution in [3.63, 3.8) is 0 Å². The number of cyclic esters (lactones) is 2. The summed E-state index contributed by atoms with van der Waals surface area (Å²) in [5, 5.41) is 7.97. The first-order chi connectivity index (χ1) is 8.45. The van der Waals surface area contributed by atoms with Gasteiger partial charge in [0.05, 0.1) is 11.4 Å². The predicted molar refractivity (Wildman–Crippen MR) is 62.5 cm³/mol. The Labute approximate surface area is 104 Å². The number of sulfonamides is 1. The third-order valence-corrected chi connectivity index (χ3v) is 3.30. The van der Waals surface area contributed by atoms with Crippen molar-refractivity contribution in [2.75, 3.05) is 18.5 Å². The van der Waals surface area contributed by atoms with E-state index in [-0.39, 0.29) is 17.6 Å². The molecule has 18 heavy (non-hydrogen) atoms. The summed E-state index contributed by atoms with van der Waals surface area (Å²) in [7, 11) is -3.67. The minimum Gasteiger partial charge on any atom is -0.430 e. The van der Waals surface area contributed by atoms with Crippen LogP contribution < -0.4 is 10.5 Å². The quantitative estimate of drug-likeness (QED) is 0.762. The molecule has 1 aromatic rings. The molecule has 0 saturated carbocycles. The first kappa shape index (κ1) is 12.7. The lowest BCUT2D eigenvalue weighted by molar-refractivity contribution is 0.120. The van der Waals surface area contributed by atoms with Crippen molar-refractivity contribution in [2.45, 2.75) is 11.0 Å². The maximum Gasteiger partial charge on any atom is 0.508 e. The molecule has 2 rings (SSSR count). The lowest BCUT2D eigenvalue weighted by Crippen LogP contribution is -2.21. The van der Waals surface area contributed by atoms with Gasteiger partial charge in [0.1, 0.15) is 6.61 Å². The average molecular weight is 272 g/mol. The highest BCUT2D eigenvalue weighted by molar-refractivity contribution is 7.89. The van der Waals surface area contributed by atoms with Gasteiger partial charge < -0.3 is 14.8 Å². The van der Waals surface area contributed by atoms with Crippen LogP contribution in [0.4, 0.5) is 10.5 Å². The summed E-state index contributed by atoms with van der Waals surface area (Å²) in [6.07, 6.45) is -1.01. The second-order valence-electron chi connectivity index (χ2n) is 3.75. The van der Waals surface area contributed by atoms with Crippen LogP contribution in [-0.2, 0) is 19.5 Å². The molecule has 1 unspecified atom stereocenters. The summed E-state index contributed by atoms with van der Waals surface area (Å²) < 4.78 is 31.5. The topological polar surface area (TPSA) is 108 Å². The smallest absolute Gasteiger partial charge is 0.430 e. The van der Waals surface area contributed by atoms with Crippen molar-refractivity contribution in [3.8, 4) is 0 Å². The Morgan fingerprint density at radius 3 is 2.50 bits per heavy atom. The minimum atomic E-state index is -3.67. The molecule has 8 heteroatoms. The average Bonchev–Trinajstić information content (AvgIpc) is 2.72. The van der Waals surface area contributed by atoms with Gasteiger partial charge in [0.15, 0.2) is 6.10 Å². The summed E-state index contributed by atoms with van der Waals surface area (Å²) in [5.41, 5.74) is 0.699. The zero-order valence-electron chi connectivity index (χ0n) is 9.33. The van der Waals surface area contributed by atoms with Crippen molar-refractivity contribution >= 4 is 21.9 Å². The number of primary sulfonamides is 1. The molecule has 0 spiro atoms. The number of nitrogens with two attached hydrogens (primary N) is 1. The molecule has 7 nitrogen and oxygen atoms in total. The van der Waals surface area contributed by atoms with Crippen LogP contribution in [0.15, 0.2) is 29.2 Å². The first-order valence-corrected chi connectivity index (χ1v) is 6.70. The summed E-state index contributed by atoms with van der Waals surface area (Å²) in [6, 6.07) is 5.96. The van der Waals surface area contributed by atoms with E-state index in [1.807, 2.05) is 0 Å². The van der Waals surface area contributed by atoms with Crippen LogP contribution in [0.3, 0.4) is 0 Å². The van der Waals surface area contributed by atoms with Crippen molar-refractivity contribution in [3.05, 3.63) is 24.3 Å². The molecule has 1 aliphatic rings. The molecule has 1 heterocycles. The molecule has 1 aromatic carbocycles. The van der Waals surface area contributed by atoms with E-state index in [1.54, 1.807) is 12.1 Å². The van der Waals surface area contributed by atoms with Crippen LogP contribution in [0.5, 0.6) is 0 Å². The standard InChI is InChI=1S/C10H12N2O5S/c11-18(14,15)9-3-1-7(2-4-9)12-5-8-6-16-10(13)17-8/h1-4,8,12H,5-6H2,(H2,11,14,15). The van der Waals surface area contributed by atoms with Gasteiger partial charge in [-0.2, -0.15) is 0 Å². The number of hydrogen-bond acceptors (Lipinski definition) is 6. The highest BCUT2D eigenvalue weighted by Crippen LogP contribution is 2.14. The molecular formula is C10H12N2O5S. The number of carbonyl (C=O) groups is 1. The molecule has 1 fully saturated rings. The summed E-state index contributed by atoms with van der Waals surface area (Å²) >= 11 is 0. The molecule has 1 saturated heterocycles. The molecule has 1 aliphatic heterocycles. The monoisotopic (exact) mass is 272 g/mol. The highest BCUT2D eigenvalue weighted by Gasteiger charge is 2.24. The molecule has 0 bridgehead atoms. The van der Waals surface area contributed by atoms with Gasteiger partial charge in [-0.1, -0.05) is 0 Å². The van der Waals surface area contributed by atoms with Gasteiger partial charge >= 0.3 is 6.16 Å². The van der Waals surface area contributed by atoms with E-state index in [4.69, 9.17) is 9.88 Å². The third kappa shape index (κ3) is 3.11. The fourth-order valence-corrected chi connectivity index (χ4v) is 1.98. The number of nitrogens with one attached hydrogen (secondary N) is 1. The fraction of sp³-hybridized carbons (Fsp3) is 0.300. The Bertz CT molecular complexity index is 540. The van der Waals surface area contributed by atoms with Crippen LogP contribution in [-0.4, -0.2) is 33.8 Å². The van der Waals surface area contributed by atoms with Crippen LogP contribution in [0.25, 0.3) is 0 Å². The molecule has 0 aromatic heterocycles. The van der Waals surface area contributed by atoms with E-state index in [9.17, 15) is 13.2 Å². The maximum absolute atomic E-state index is 11.0. The largest absolute Gasteiger partial charge is 0.508 e. The van der Waals surface area contributed by atoms with E-state index in [0.29, 0.717) is 12.2 Å². The number of anilines is 1. The molecule has 0 radical (unpaired) electrons.